The zero-order valence-electron chi connectivity index (χ0n) is 14.0. The second-order valence-corrected chi connectivity index (χ2v) is 5.75. The molecule has 1 aliphatic rings. The van der Waals surface area contributed by atoms with Crippen molar-refractivity contribution in [2.24, 2.45) is 0 Å². The standard InChI is InChI=1S/C19H11N3O5/c1-27-13-7-9-21-17-15(13)18(23)14-11(6-8-20-16(14)19(17)24)10-4-2-3-5-12(10)22(25)26/h2-9H,1H3. The van der Waals surface area contributed by atoms with E-state index in [-0.39, 0.29) is 45.1 Å². The molecule has 0 bridgehead atoms. The number of fused-ring (bicyclic) bond motifs is 2. The number of nitrogens with zero attached hydrogens (tertiary/aromatic N) is 3. The van der Waals surface area contributed by atoms with E-state index in [0.717, 1.165) is 0 Å². The van der Waals surface area contributed by atoms with E-state index in [2.05, 4.69) is 9.97 Å². The summed E-state index contributed by atoms with van der Waals surface area (Å²) in [6, 6.07) is 9.00. The summed E-state index contributed by atoms with van der Waals surface area (Å²) < 4.78 is 5.21. The van der Waals surface area contributed by atoms with Gasteiger partial charge in [-0.25, -0.2) is 0 Å². The third-order valence-corrected chi connectivity index (χ3v) is 4.36. The maximum atomic E-state index is 13.2. The molecule has 4 rings (SSSR count). The van der Waals surface area contributed by atoms with Crippen LogP contribution in [0.25, 0.3) is 11.1 Å². The second kappa shape index (κ2) is 6.10. The average molecular weight is 361 g/mol. The lowest BCUT2D eigenvalue weighted by molar-refractivity contribution is -0.384. The van der Waals surface area contributed by atoms with E-state index in [1.807, 2.05) is 0 Å². The van der Waals surface area contributed by atoms with Crippen LogP contribution in [0.4, 0.5) is 5.69 Å². The van der Waals surface area contributed by atoms with Crippen LogP contribution in [0.1, 0.15) is 32.1 Å². The van der Waals surface area contributed by atoms with Crippen LogP contribution in [0.3, 0.4) is 0 Å². The minimum atomic E-state index is -0.534. The molecule has 0 saturated heterocycles. The Kier molecular flexibility index (Phi) is 3.73. The molecular formula is C19H11N3O5. The fraction of sp³-hybridized carbons (Fsp3) is 0.0526. The highest BCUT2D eigenvalue weighted by Crippen LogP contribution is 2.38. The Morgan fingerprint density at radius 1 is 0.889 bits per heavy atom. The molecule has 0 radical (unpaired) electrons. The van der Waals surface area contributed by atoms with Crippen LogP contribution in [0.2, 0.25) is 0 Å². The third-order valence-electron chi connectivity index (χ3n) is 4.36. The molecule has 0 N–H and O–H groups in total. The molecule has 27 heavy (non-hydrogen) atoms. The van der Waals surface area contributed by atoms with Gasteiger partial charge in [0.05, 0.1) is 28.7 Å². The summed E-state index contributed by atoms with van der Waals surface area (Å²) in [6.07, 6.45) is 2.72. The normalized spacial score (nSPS) is 12.3. The van der Waals surface area contributed by atoms with Crippen LogP contribution < -0.4 is 4.74 Å². The summed E-state index contributed by atoms with van der Waals surface area (Å²) >= 11 is 0. The van der Waals surface area contributed by atoms with Crippen molar-refractivity contribution in [2.75, 3.05) is 7.11 Å². The van der Waals surface area contributed by atoms with E-state index in [1.54, 1.807) is 6.07 Å². The number of hydrogen-bond acceptors (Lipinski definition) is 7. The molecule has 2 aromatic heterocycles. The van der Waals surface area contributed by atoms with Crippen molar-refractivity contribution in [1.82, 2.24) is 9.97 Å². The Balaban J connectivity index is 2.04. The van der Waals surface area contributed by atoms with Gasteiger partial charge in [0, 0.05) is 24.0 Å². The number of ketones is 2. The SMILES string of the molecule is COc1ccnc2c1C(=O)c1c(-c3ccccc3[N+](=O)[O-])ccnc1C2=O. The van der Waals surface area contributed by atoms with Gasteiger partial charge in [-0.15, -0.1) is 0 Å². The first-order valence-electron chi connectivity index (χ1n) is 7.89. The minimum Gasteiger partial charge on any atom is -0.496 e. The van der Waals surface area contributed by atoms with Gasteiger partial charge in [0.15, 0.2) is 0 Å². The van der Waals surface area contributed by atoms with Crippen molar-refractivity contribution in [1.29, 1.82) is 0 Å². The molecular weight excluding hydrogens is 350 g/mol. The van der Waals surface area contributed by atoms with Crippen molar-refractivity contribution < 1.29 is 19.2 Å². The molecule has 0 amide bonds. The van der Waals surface area contributed by atoms with Gasteiger partial charge < -0.3 is 4.74 Å². The number of aromatic nitrogens is 2. The predicted octanol–water partition coefficient (Wildman–Crippen LogP) is 2.84. The minimum absolute atomic E-state index is 0.00981. The third kappa shape index (κ3) is 2.38. The number of pyridine rings is 2. The van der Waals surface area contributed by atoms with E-state index in [1.165, 1.54) is 49.8 Å². The molecule has 0 spiro atoms. The summed E-state index contributed by atoms with van der Waals surface area (Å²) in [7, 11) is 1.38. The van der Waals surface area contributed by atoms with Crippen molar-refractivity contribution in [2.45, 2.75) is 0 Å². The fourth-order valence-electron chi connectivity index (χ4n) is 3.19. The molecule has 1 aliphatic carbocycles. The first-order valence-corrected chi connectivity index (χ1v) is 7.89. The zero-order valence-corrected chi connectivity index (χ0v) is 14.0. The average Bonchev–Trinajstić information content (AvgIpc) is 2.70. The molecule has 8 nitrogen and oxygen atoms in total. The Hall–Kier alpha value is -3.94. The summed E-state index contributed by atoms with van der Waals surface area (Å²) in [6.45, 7) is 0. The van der Waals surface area contributed by atoms with Gasteiger partial charge in [-0.05, 0) is 18.2 Å². The summed E-state index contributed by atoms with van der Waals surface area (Å²) in [5.74, 6) is -0.828. The number of carbonyl (C=O) groups excluding carboxylic acids is 2. The van der Waals surface area contributed by atoms with E-state index >= 15 is 0 Å². The molecule has 3 aromatic rings. The van der Waals surface area contributed by atoms with Crippen LogP contribution in [-0.4, -0.2) is 33.6 Å². The van der Waals surface area contributed by atoms with E-state index in [9.17, 15) is 19.7 Å². The highest BCUT2D eigenvalue weighted by molar-refractivity contribution is 6.29. The maximum absolute atomic E-state index is 13.2. The molecule has 2 heterocycles. The first-order chi connectivity index (χ1) is 13.0. The lowest BCUT2D eigenvalue weighted by atomic mass is 9.85. The van der Waals surface area contributed by atoms with Crippen LogP contribution in [-0.2, 0) is 0 Å². The maximum Gasteiger partial charge on any atom is 0.277 e. The van der Waals surface area contributed by atoms with Gasteiger partial charge >= 0.3 is 0 Å². The number of carbonyl (C=O) groups is 2. The van der Waals surface area contributed by atoms with Gasteiger partial charge in [-0.3, -0.25) is 29.7 Å². The lowest BCUT2D eigenvalue weighted by Gasteiger charge is -2.20. The number of rotatable bonds is 3. The number of para-hydroxylation sites is 1. The number of nitro benzene ring substituents is 1. The number of benzene rings is 1. The number of ether oxygens (including phenoxy) is 1. The first kappa shape index (κ1) is 16.5. The highest BCUT2D eigenvalue weighted by Gasteiger charge is 2.37. The molecule has 132 valence electrons. The van der Waals surface area contributed by atoms with Gasteiger partial charge in [-0.1, -0.05) is 12.1 Å². The molecule has 1 aromatic carbocycles. The molecule has 0 atom stereocenters. The van der Waals surface area contributed by atoms with E-state index < -0.39 is 16.5 Å². The van der Waals surface area contributed by atoms with Gasteiger partial charge in [0.25, 0.3) is 5.69 Å². The molecule has 0 saturated carbocycles. The number of methoxy groups -OCH3 is 1. The molecule has 0 fully saturated rings. The number of nitro groups is 1. The van der Waals surface area contributed by atoms with Crippen LogP contribution >= 0.6 is 0 Å². The summed E-state index contributed by atoms with van der Waals surface area (Å²) in [4.78, 5) is 45.0. The lowest BCUT2D eigenvalue weighted by Crippen LogP contribution is -2.25. The Morgan fingerprint density at radius 2 is 1.56 bits per heavy atom. The van der Waals surface area contributed by atoms with Gasteiger partial charge in [-0.2, -0.15) is 0 Å². The largest absolute Gasteiger partial charge is 0.496 e. The van der Waals surface area contributed by atoms with Gasteiger partial charge in [0.2, 0.25) is 11.6 Å². The van der Waals surface area contributed by atoms with Crippen LogP contribution in [0.5, 0.6) is 5.75 Å². The van der Waals surface area contributed by atoms with E-state index in [4.69, 9.17) is 4.74 Å². The summed E-state index contributed by atoms with van der Waals surface area (Å²) in [5, 5.41) is 11.4. The van der Waals surface area contributed by atoms with Crippen molar-refractivity contribution in [3.63, 3.8) is 0 Å². The Labute approximate surface area is 152 Å². The molecule has 8 heteroatoms. The van der Waals surface area contributed by atoms with E-state index in [0.29, 0.717) is 0 Å². The number of hydrogen-bond donors (Lipinski definition) is 0. The highest BCUT2D eigenvalue weighted by atomic mass is 16.6. The topological polar surface area (TPSA) is 112 Å². The van der Waals surface area contributed by atoms with Gasteiger partial charge in [0.1, 0.15) is 17.1 Å². The summed E-state index contributed by atoms with van der Waals surface area (Å²) in [5.41, 5.74) is 0.245. The zero-order chi connectivity index (χ0) is 19.1. The Morgan fingerprint density at radius 3 is 2.26 bits per heavy atom. The van der Waals surface area contributed by atoms with Crippen LogP contribution in [0.15, 0.2) is 48.8 Å². The van der Waals surface area contributed by atoms with Crippen molar-refractivity contribution >= 4 is 17.3 Å². The Bertz CT molecular complexity index is 1140. The smallest absolute Gasteiger partial charge is 0.277 e. The molecule has 0 aliphatic heterocycles. The predicted molar refractivity (Wildman–Crippen MR) is 94.0 cm³/mol. The molecule has 0 unspecified atom stereocenters. The van der Waals surface area contributed by atoms with Crippen molar-refractivity contribution in [3.05, 3.63) is 81.4 Å². The fourth-order valence-corrected chi connectivity index (χ4v) is 3.19. The second-order valence-electron chi connectivity index (χ2n) is 5.75. The van der Waals surface area contributed by atoms with Crippen molar-refractivity contribution in [3.8, 4) is 16.9 Å². The van der Waals surface area contributed by atoms with Crippen LogP contribution in [0, 0.1) is 10.1 Å². The monoisotopic (exact) mass is 361 g/mol. The quantitative estimate of drug-likeness (QED) is 0.407.